The summed E-state index contributed by atoms with van der Waals surface area (Å²) in [6.07, 6.45) is -11.0. The Balaban J connectivity index is 0.000000245. The minimum Gasteiger partial charge on any atom is -0.504 e. The molecule has 2 aromatic heterocycles. The number of carbonyl (C=O) groups excluding carboxylic acids is 1. The van der Waals surface area contributed by atoms with Crippen molar-refractivity contribution in [2.45, 2.75) is 25.4 Å². The molecule has 1 atom stereocenters. The summed E-state index contributed by atoms with van der Waals surface area (Å²) in [6.45, 7) is 1.43. The predicted molar refractivity (Wildman–Crippen MR) is 211 cm³/mol. The highest BCUT2D eigenvalue weighted by atomic mass is 35.5. The van der Waals surface area contributed by atoms with Gasteiger partial charge < -0.3 is 24.1 Å². The summed E-state index contributed by atoms with van der Waals surface area (Å²) < 4.78 is 129. The summed E-state index contributed by atoms with van der Waals surface area (Å²) in [5, 5.41) is 9.24. The molecule has 0 aliphatic heterocycles. The van der Waals surface area contributed by atoms with Gasteiger partial charge in [0.1, 0.15) is 34.5 Å². The Hall–Kier alpha value is -7.07. The molecule has 1 unspecified atom stereocenters. The summed E-state index contributed by atoms with van der Waals surface area (Å²) >= 11 is 12.0. The van der Waals surface area contributed by atoms with Crippen LogP contribution in [0.5, 0.6) is 34.5 Å². The maximum absolute atomic E-state index is 14.7. The second kappa shape index (κ2) is 18.7. The normalized spacial score (nSPS) is 11.9. The van der Waals surface area contributed by atoms with Crippen LogP contribution in [-0.2, 0) is 36.0 Å². The fourth-order valence-electron chi connectivity index (χ4n) is 5.59. The standard InChI is InChI=1S/C22H17ClF4N2O6.C18H11ClF4N2O4/c1-11(20(31)33-3)34-15-6-4-5-7-16(15)35-17-9-14(13(24)8-12(17)23)29-19(30)10-18(22(25,26)27)28(2)21(29)32;1-24-15(18(21,22)23)8-16(27)25(17(24)28)11-7-14(9(19)6-10(11)20)29-13-5-3-2-4-12(13)26/h4-11H,1-3H3;2-8,26H,1H3. The highest BCUT2D eigenvalue weighted by molar-refractivity contribution is 6.32. The lowest BCUT2D eigenvalue weighted by Crippen LogP contribution is -2.41. The average Bonchev–Trinajstić information content (AvgIpc) is 3.21. The van der Waals surface area contributed by atoms with Gasteiger partial charge in [-0.15, -0.1) is 0 Å². The number of nitrogens with zero attached hydrogens (tertiary/aromatic N) is 4. The topological polar surface area (TPSA) is 162 Å². The van der Waals surface area contributed by atoms with Gasteiger partial charge in [0.25, 0.3) is 11.1 Å². The molecule has 6 aromatic rings. The monoisotopic (exact) mass is 946 g/mol. The molecule has 0 aliphatic carbocycles. The van der Waals surface area contributed by atoms with E-state index in [1.54, 1.807) is 12.1 Å². The average molecular weight is 948 g/mol. The fourth-order valence-corrected chi connectivity index (χ4v) is 5.97. The molecular weight excluding hydrogens is 919 g/mol. The number of methoxy groups -OCH3 is 1. The number of carbonyl (C=O) groups is 1. The molecule has 2 heterocycles. The summed E-state index contributed by atoms with van der Waals surface area (Å²) in [7, 11) is 2.77. The van der Waals surface area contributed by atoms with Crippen molar-refractivity contribution < 1.29 is 64.0 Å². The van der Waals surface area contributed by atoms with E-state index < -0.39 is 81.3 Å². The SMILES string of the molecule is COC(=O)C(C)Oc1ccccc1Oc1cc(-n2c(=O)cc(C(F)(F)F)n(C)c2=O)c(F)cc1Cl.Cn1c(C(F)(F)F)cc(=O)n(-c2cc(Oc3ccccc3O)c(Cl)cc2F)c1=O. The van der Waals surface area contributed by atoms with Gasteiger partial charge in [0.05, 0.1) is 28.5 Å². The lowest BCUT2D eigenvalue weighted by molar-refractivity contribution is -0.148. The van der Waals surface area contributed by atoms with Crippen molar-refractivity contribution in [3.8, 4) is 45.9 Å². The highest BCUT2D eigenvalue weighted by Gasteiger charge is 2.36. The van der Waals surface area contributed by atoms with Crippen molar-refractivity contribution in [1.82, 2.24) is 18.3 Å². The third kappa shape index (κ3) is 10.2. The Bertz CT molecular complexity index is 3020. The van der Waals surface area contributed by atoms with E-state index in [4.69, 9.17) is 37.4 Å². The van der Waals surface area contributed by atoms with Gasteiger partial charge >= 0.3 is 29.7 Å². The van der Waals surface area contributed by atoms with Crippen LogP contribution >= 0.6 is 23.2 Å². The van der Waals surface area contributed by atoms with E-state index in [1.807, 2.05) is 0 Å². The fraction of sp³-hybridized carbons (Fsp3) is 0.175. The zero-order chi connectivity index (χ0) is 47.6. The number of phenols is 1. The van der Waals surface area contributed by atoms with E-state index >= 15 is 0 Å². The van der Waals surface area contributed by atoms with Crippen LogP contribution in [0.25, 0.3) is 11.4 Å². The first kappa shape index (κ1) is 48.0. The largest absolute Gasteiger partial charge is 0.504 e. The number of benzene rings is 4. The number of para-hydroxylation sites is 4. The second-order valence-electron chi connectivity index (χ2n) is 13.0. The Morgan fingerprint density at radius 3 is 1.42 bits per heavy atom. The maximum Gasteiger partial charge on any atom is 0.431 e. The van der Waals surface area contributed by atoms with E-state index in [2.05, 4.69) is 4.74 Å². The summed E-state index contributed by atoms with van der Waals surface area (Å²) in [6, 6.07) is 15.3. The first-order valence-electron chi connectivity index (χ1n) is 17.6. The molecule has 1 N–H and O–H groups in total. The highest BCUT2D eigenvalue weighted by Crippen LogP contribution is 2.39. The first-order valence-corrected chi connectivity index (χ1v) is 18.4. The molecule has 338 valence electrons. The van der Waals surface area contributed by atoms with Gasteiger partial charge in [-0.25, -0.2) is 32.3 Å². The molecule has 0 amide bonds. The van der Waals surface area contributed by atoms with Crippen LogP contribution in [0, 0.1) is 11.6 Å². The first-order chi connectivity index (χ1) is 29.8. The van der Waals surface area contributed by atoms with Gasteiger partial charge in [0.2, 0.25) is 0 Å². The molecule has 0 saturated carbocycles. The summed E-state index contributed by atoms with van der Waals surface area (Å²) in [5.74, 6) is -3.68. The third-order valence-corrected chi connectivity index (χ3v) is 9.29. The van der Waals surface area contributed by atoms with Crippen molar-refractivity contribution in [1.29, 1.82) is 0 Å². The molecule has 14 nitrogen and oxygen atoms in total. The van der Waals surface area contributed by atoms with Crippen LogP contribution in [0.1, 0.15) is 18.3 Å². The molecule has 0 radical (unpaired) electrons. The van der Waals surface area contributed by atoms with Gasteiger partial charge in [0.15, 0.2) is 29.1 Å². The molecule has 0 saturated heterocycles. The van der Waals surface area contributed by atoms with Crippen molar-refractivity contribution in [3.63, 3.8) is 0 Å². The van der Waals surface area contributed by atoms with E-state index in [1.165, 1.54) is 50.4 Å². The van der Waals surface area contributed by atoms with Gasteiger partial charge in [-0.3, -0.25) is 18.7 Å². The Morgan fingerprint density at radius 2 is 1.02 bits per heavy atom. The van der Waals surface area contributed by atoms with Crippen molar-refractivity contribution >= 4 is 29.2 Å². The zero-order valence-corrected chi connectivity index (χ0v) is 34.4. The van der Waals surface area contributed by atoms with Gasteiger partial charge in [-0.05, 0) is 43.3 Å². The molecule has 0 aliphatic rings. The number of hydrogen-bond acceptors (Lipinski definition) is 10. The molecule has 0 spiro atoms. The van der Waals surface area contributed by atoms with Crippen LogP contribution in [0.15, 0.2) is 104 Å². The van der Waals surface area contributed by atoms with Crippen LogP contribution < -0.4 is 36.7 Å². The maximum atomic E-state index is 14.7. The molecule has 4 aromatic carbocycles. The second-order valence-corrected chi connectivity index (χ2v) is 13.8. The number of aromatic nitrogens is 4. The van der Waals surface area contributed by atoms with Crippen molar-refractivity contribution in [2.75, 3.05) is 7.11 Å². The molecule has 6 rings (SSSR count). The molecule has 64 heavy (non-hydrogen) atoms. The van der Waals surface area contributed by atoms with Gasteiger partial charge in [-0.2, -0.15) is 26.3 Å². The molecule has 24 heteroatoms. The smallest absolute Gasteiger partial charge is 0.431 e. The Labute approximate surface area is 362 Å². The number of hydrogen-bond donors (Lipinski definition) is 1. The van der Waals surface area contributed by atoms with Gasteiger partial charge in [0, 0.05) is 38.4 Å². The van der Waals surface area contributed by atoms with E-state index in [9.17, 15) is 64.2 Å². The summed E-state index contributed by atoms with van der Waals surface area (Å²) in [4.78, 5) is 61.2. The third-order valence-electron chi connectivity index (χ3n) is 8.70. The van der Waals surface area contributed by atoms with Crippen LogP contribution in [-0.4, -0.2) is 42.6 Å². The lowest BCUT2D eigenvalue weighted by atomic mass is 10.2. The van der Waals surface area contributed by atoms with Crippen LogP contribution in [0.4, 0.5) is 35.1 Å². The van der Waals surface area contributed by atoms with Gasteiger partial charge in [-0.1, -0.05) is 47.5 Å². The predicted octanol–water partition coefficient (Wildman–Crippen LogP) is 7.93. The van der Waals surface area contributed by atoms with E-state index in [0.717, 1.165) is 38.4 Å². The minimum atomic E-state index is -4.98. The van der Waals surface area contributed by atoms with E-state index in [-0.39, 0.29) is 74.9 Å². The number of halogens is 10. The molecule has 0 fully saturated rings. The van der Waals surface area contributed by atoms with E-state index in [0.29, 0.717) is 0 Å². The number of esters is 1. The number of aromatic hydroxyl groups is 1. The lowest BCUT2D eigenvalue weighted by Gasteiger charge is -2.17. The number of alkyl halides is 6. The molecular formula is C40H28Cl2F8N4O10. The van der Waals surface area contributed by atoms with Crippen molar-refractivity contribution in [2.24, 2.45) is 14.1 Å². The number of phenolic OH excluding ortho intramolecular Hbond substituents is 1. The Morgan fingerprint density at radius 1 is 0.625 bits per heavy atom. The number of ether oxygens (including phenoxy) is 4. The van der Waals surface area contributed by atoms with Crippen molar-refractivity contribution in [3.05, 3.63) is 160 Å². The Kier molecular flexibility index (Phi) is 14.0. The number of rotatable bonds is 9. The van der Waals surface area contributed by atoms with Crippen LogP contribution in [0.2, 0.25) is 10.0 Å². The minimum absolute atomic E-state index is 0.0235. The quantitative estimate of drug-likeness (QED) is 0.111. The van der Waals surface area contributed by atoms with Crippen LogP contribution in [0.3, 0.4) is 0 Å². The zero-order valence-electron chi connectivity index (χ0n) is 32.9. The summed E-state index contributed by atoms with van der Waals surface area (Å²) in [5.41, 5.74) is -10.0. The molecule has 0 bridgehead atoms.